The summed E-state index contributed by atoms with van der Waals surface area (Å²) >= 11 is 0. The van der Waals surface area contributed by atoms with Crippen LogP contribution in [-0.4, -0.2) is 11.3 Å². The molecule has 0 atom stereocenters. The van der Waals surface area contributed by atoms with Crippen LogP contribution < -0.4 is 10.5 Å². The van der Waals surface area contributed by atoms with E-state index < -0.39 is 29.3 Å². The zero-order chi connectivity index (χ0) is 11.6. The predicted octanol–water partition coefficient (Wildman–Crippen LogP) is 1.57. The van der Waals surface area contributed by atoms with Gasteiger partial charge in [-0.05, 0) is 0 Å². The Hall–Kier alpha value is -2.04. The first-order valence-electron chi connectivity index (χ1n) is 3.45. The van der Waals surface area contributed by atoms with Crippen LogP contribution >= 0.6 is 0 Å². The van der Waals surface area contributed by atoms with E-state index in [-0.39, 0.29) is 0 Å². The molecule has 0 unspecified atom stereocenters. The molecule has 1 aromatic rings. The monoisotopic (exact) mass is 221 g/mol. The van der Waals surface area contributed by atoms with Crippen LogP contribution in [0.2, 0.25) is 0 Å². The summed E-state index contributed by atoms with van der Waals surface area (Å²) in [4.78, 5) is 3.07. The van der Waals surface area contributed by atoms with Gasteiger partial charge >= 0.3 is 6.36 Å². The van der Waals surface area contributed by atoms with Crippen LogP contribution in [0.4, 0.5) is 23.2 Å². The number of alkyl halides is 3. The minimum atomic E-state index is -5.01. The lowest BCUT2D eigenvalue weighted by Crippen LogP contribution is -2.19. The van der Waals surface area contributed by atoms with Gasteiger partial charge in [-0.15, -0.1) is 13.2 Å². The first-order chi connectivity index (χ1) is 6.85. The summed E-state index contributed by atoms with van der Waals surface area (Å²) in [6.45, 7) is 0. The van der Waals surface area contributed by atoms with E-state index >= 15 is 0 Å². The third-order valence-electron chi connectivity index (χ3n) is 1.35. The van der Waals surface area contributed by atoms with Crippen molar-refractivity contribution in [1.29, 1.82) is 5.26 Å². The van der Waals surface area contributed by atoms with Gasteiger partial charge in [0.05, 0.1) is 6.20 Å². The minimum absolute atomic E-state index is 0.554. The summed E-state index contributed by atoms with van der Waals surface area (Å²) in [5.41, 5.74) is 3.45. The smallest absolute Gasteiger partial charge is 0.392 e. The third-order valence-corrected chi connectivity index (χ3v) is 1.35. The summed E-state index contributed by atoms with van der Waals surface area (Å²) in [7, 11) is 0. The van der Waals surface area contributed by atoms with Crippen LogP contribution in [0.15, 0.2) is 6.20 Å². The van der Waals surface area contributed by atoms with Gasteiger partial charge in [0.15, 0.2) is 5.82 Å². The molecule has 0 aromatic carbocycles. The average Bonchev–Trinajstić information content (AvgIpc) is 2.11. The van der Waals surface area contributed by atoms with Gasteiger partial charge in [0.2, 0.25) is 5.88 Å². The van der Waals surface area contributed by atoms with Gasteiger partial charge in [0.1, 0.15) is 17.3 Å². The van der Waals surface area contributed by atoms with E-state index in [1.54, 1.807) is 0 Å². The number of anilines is 1. The van der Waals surface area contributed by atoms with Crippen molar-refractivity contribution >= 4 is 5.69 Å². The number of nitrogens with zero attached hydrogens (tertiary/aromatic N) is 2. The third kappa shape index (κ3) is 2.46. The highest BCUT2D eigenvalue weighted by Gasteiger charge is 2.33. The Morgan fingerprint density at radius 3 is 2.53 bits per heavy atom. The van der Waals surface area contributed by atoms with E-state index in [0.29, 0.717) is 6.20 Å². The molecule has 0 amide bonds. The molecule has 15 heavy (non-hydrogen) atoms. The molecule has 2 N–H and O–H groups in total. The van der Waals surface area contributed by atoms with E-state index in [9.17, 15) is 17.6 Å². The highest BCUT2D eigenvalue weighted by atomic mass is 19.4. The van der Waals surface area contributed by atoms with E-state index in [0.717, 1.165) is 0 Å². The molecule has 8 heteroatoms. The first-order valence-corrected chi connectivity index (χ1v) is 3.45. The van der Waals surface area contributed by atoms with Crippen LogP contribution in [0.25, 0.3) is 0 Å². The Bertz CT molecular complexity index is 423. The lowest BCUT2D eigenvalue weighted by atomic mass is 10.2. The van der Waals surface area contributed by atoms with Gasteiger partial charge in [-0.2, -0.15) is 5.26 Å². The van der Waals surface area contributed by atoms with Crippen LogP contribution in [0.5, 0.6) is 5.88 Å². The fraction of sp³-hybridized carbons (Fsp3) is 0.143. The second-order valence-corrected chi connectivity index (χ2v) is 2.36. The molecule has 0 fully saturated rings. The molecule has 0 bridgehead atoms. The largest absolute Gasteiger partial charge is 0.574 e. The van der Waals surface area contributed by atoms with Gasteiger partial charge < -0.3 is 10.5 Å². The number of hydrogen-bond acceptors (Lipinski definition) is 4. The summed E-state index contributed by atoms with van der Waals surface area (Å²) in [6.07, 6.45) is -4.41. The Kier molecular flexibility index (Phi) is 2.65. The Morgan fingerprint density at radius 2 is 2.07 bits per heavy atom. The molecule has 1 aromatic heterocycles. The zero-order valence-corrected chi connectivity index (χ0v) is 6.97. The molecule has 1 rings (SSSR count). The summed E-state index contributed by atoms with van der Waals surface area (Å²) in [5.74, 6) is -2.40. The molecular weight excluding hydrogens is 218 g/mol. The van der Waals surface area contributed by atoms with Crippen molar-refractivity contribution in [2.24, 2.45) is 0 Å². The summed E-state index contributed by atoms with van der Waals surface area (Å²) in [5, 5.41) is 8.32. The number of pyridine rings is 1. The predicted molar refractivity (Wildman–Crippen MR) is 40.0 cm³/mol. The minimum Gasteiger partial charge on any atom is -0.392 e. The van der Waals surface area contributed by atoms with Gasteiger partial charge in [0, 0.05) is 0 Å². The van der Waals surface area contributed by atoms with Crippen molar-refractivity contribution in [2.45, 2.75) is 6.36 Å². The number of aromatic nitrogens is 1. The first kappa shape index (κ1) is 11.0. The maximum absolute atomic E-state index is 13.0. The quantitative estimate of drug-likeness (QED) is 0.730. The standard InChI is InChI=1S/C7H3F4N3O/c8-4-3(1-12)2-14-6(5(4)13)15-7(9,10)11/h2H,13H2. The number of halogens is 4. The molecule has 4 nitrogen and oxygen atoms in total. The Labute approximate surface area is 80.9 Å². The van der Waals surface area contributed by atoms with Crippen molar-refractivity contribution < 1.29 is 22.3 Å². The van der Waals surface area contributed by atoms with E-state index in [4.69, 9.17) is 11.0 Å². The molecular formula is C7H3F4N3O. The van der Waals surface area contributed by atoms with Gasteiger partial charge in [-0.25, -0.2) is 9.37 Å². The van der Waals surface area contributed by atoms with Gasteiger partial charge in [-0.3, -0.25) is 0 Å². The maximum atomic E-state index is 13.0. The number of ether oxygens (including phenoxy) is 1. The zero-order valence-electron chi connectivity index (χ0n) is 6.97. The van der Waals surface area contributed by atoms with Crippen molar-refractivity contribution in [3.05, 3.63) is 17.6 Å². The van der Waals surface area contributed by atoms with Gasteiger partial charge in [0.25, 0.3) is 0 Å². The molecule has 1 heterocycles. The Balaban J connectivity index is 3.14. The molecule has 0 saturated heterocycles. The van der Waals surface area contributed by atoms with Gasteiger partial charge in [-0.1, -0.05) is 0 Å². The van der Waals surface area contributed by atoms with Crippen LogP contribution in [0, 0.1) is 17.1 Å². The van der Waals surface area contributed by atoms with Crippen LogP contribution in [0.1, 0.15) is 5.56 Å². The van der Waals surface area contributed by atoms with Crippen molar-refractivity contribution in [3.8, 4) is 11.9 Å². The number of nitrogen functional groups attached to an aromatic ring is 1. The molecule has 0 aliphatic heterocycles. The number of nitrogens with two attached hydrogens (primary N) is 1. The van der Waals surface area contributed by atoms with Crippen LogP contribution in [0.3, 0.4) is 0 Å². The van der Waals surface area contributed by atoms with Crippen molar-refractivity contribution in [1.82, 2.24) is 4.98 Å². The molecule has 0 radical (unpaired) electrons. The highest BCUT2D eigenvalue weighted by Crippen LogP contribution is 2.28. The number of rotatable bonds is 1. The molecule has 80 valence electrons. The number of nitriles is 1. The van der Waals surface area contributed by atoms with E-state index in [1.165, 1.54) is 6.07 Å². The lowest BCUT2D eigenvalue weighted by molar-refractivity contribution is -0.275. The number of hydrogen-bond donors (Lipinski definition) is 1. The average molecular weight is 221 g/mol. The second kappa shape index (κ2) is 3.61. The molecule has 0 spiro atoms. The topological polar surface area (TPSA) is 71.9 Å². The molecule has 0 aliphatic carbocycles. The Morgan fingerprint density at radius 1 is 1.47 bits per heavy atom. The fourth-order valence-corrected chi connectivity index (χ4v) is 0.757. The molecule has 0 saturated carbocycles. The van der Waals surface area contributed by atoms with E-state index in [1.807, 2.05) is 0 Å². The van der Waals surface area contributed by atoms with Crippen molar-refractivity contribution in [2.75, 3.05) is 5.73 Å². The maximum Gasteiger partial charge on any atom is 0.574 e. The second-order valence-electron chi connectivity index (χ2n) is 2.36. The highest BCUT2D eigenvalue weighted by molar-refractivity contribution is 5.53. The van der Waals surface area contributed by atoms with Crippen molar-refractivity contribution in [3.63, 3.8) is 0 Å². The van der Waals surface area contributed by atoms with Crippen LogP contribution in [-0.2, 0) is 0 Å². The SMILES string of the molecule is N#Cc1cnc(OC(F)(F)F)c(N)c1F. The molecule has 0 aliphatic rings. The summed E-state index contributed by atoms with van der Waals surface area (Å²) in [6, 6.07) is 1.37. The fourth-order valence-electron chi connectivity index (χ4n) is 0.757. The van der Waals surface area contributed by atoms with E-state index in [2.05, 4.69) is 9.72 Å². The lowest BCUT2D eigenvalue weighted by Gasteiger charge is -2.10. The normalized spacial score (nSPS) is 10.9. The summed E-state index contributed by atoms with van der Waals surface area (Å²) < 4.78 is 51.5.